The van der Waals surface area contributed by atoms with E-state index < -0.39 is 0 Å². The van der Waals surface area contributed by atoms with Crippen molar-refractivity contribution >= 4 is 17.3 Å². The first-order valence-electron chi connectivity index (χ1n) is 14.0. The van der Waals surface area contributed by atoms with E-state index in [0.717, 1.165) is 52.8 Å². The molecule has 3 aromatic rings. The molecule has 3 rings (SSSR count). The molecule has 0 spiro atoms. The van der Waals surface area contributed by atoms with Crippen molar-refractivity contribution in [3.05, 3.63) is 66.4 Å². The van der Waals surface area contributed by atoms with E-state index in [1.165, 1.54) is 56.3 Å². The van der Waals surface area contributed by atoms with Crippen molar-refractivity contribution in [2.45, 2.75) is 84.5 Å². The maximum Gasteiger partial charge on any atom is 0.315 e. The topological polar surface area (TPSA) is 61.3 Å². The van der Waals surface area contributed by atoms with Crippen LogP contribution in [0.2, 0.25) is 0 Å². The van der Waals surface area contributed by atoms with Crippen LogP contribution in [-0.4, -0.2) is 22.8 Å². The molecule has 6 heteroatoms. The third-order valence-electron chi connectivity index (χ3n) is 6.08. The molecule has 0 fully saturated rings. The van der Waals surface area contributed by atoms with Gasteiger partial charge in [-0.05, 0) is 79.9 Å². The number of nitrogens with zero attached hydrogens (tertiary/aromatic N) is 2. The number of benzene rings is 2. The Balaban J connectivity index is 1.45. The molecule has 0 aliphatic heterocycles. The minimum atomic E-state index is -0.301. The zero-order valence-electron chi connectivity index (χ0n) is 22.8. The average molecular weight is 533 g/mol. The van der Waals surface area contributed by atoms with Crippen LogP contribution in [0, 0.1) is 0 Å². The molecule has 1 aromatic heterocycles. The van der Waals surface area contributed by atoms with E-state index in [2.05, 4.69) is 29.8 Å². The number of hydrogen-bond acceptors (Lipinski definition) is 6. The molecular formula is C32H40N2O3S. The quantitative estimate of drug-likeness (QED) is 0.0750. The summed E-state index contributed by atoms with van der Waals surface area (Å²) in [6.45, 7) is 5.18. The molecule has 0 atom stereocenters. The Bertz CT molecular complexity index is 1150. The first kappa shape index (κ1) is 29.3. The molecule has 0 amide bonds. The van der Waals surface area contributed by atoms with Gasteiger partial charge in [0.2, 0.25) is 0 Å². The summed E-state index contributed by atoms with van der Waals surface area (Å²) in [5.41, 5.74) is 5.00. The fraction of sp³-hybridized carbons (Fsp3) is 0.438. The summed E-state index contributed by atoms with van der Waals surface area (Å²) in [4.78, 5) is 12.1. The number of esters is 1. The Kier molecular flexibility index (Phi) is 13.4. The number of carbonyl (C=O) groups excluding carboxylic acids is 1. The van der Waals surface area contributed by atoms with E-state index in [4.69, 9.17) is 9.47 Å². The van der Waals surface area contributed by atoms with Crippen molar-refractivity contribution in [1.82, 2.24) is 10.2 Å². The highest BCUT2D eigenvalue weighted by molar-refractivity contribution is 7.17. The van der Waals surface area contributed by atoms with Crippen LogP contribution in [0.5, 0.6) is 11.5 Å². The van der Waals surface area contributed by atoms with Gasteiger partial charge < -0.3 is 9.47 Å². The van der Waals surface area contributed by atoms with Gasteiger partial charge in [0.1, 0.15) is 21.5 Å². The van der Waals surface area contributed by atoms with Gasteiger partial charge in [0.15, 0.2) is 0 Å². The van der Waals surface area contributed by atoms with Crippen LogP contribution in [0.25, 0.3) is 21.1 Å². The Morgan fingerprint density at radius 3 is 2.00 bits per heavy atom. The second-order valence-electron chi connectivity index (χ2n) is 9.33. The number of ether oxygens (including phenoxy) is 2. The van der Waals surface area contributed by atoms with Gasteiger partial charge in [-0.3, -0.25) is 4.79 Å². The van der Waals surface area contributed by atoms with Gasteiger partial charge in [0.05, 0.1) is 13.0 Å². The molecule has 2 aromatic carbocycles. The van der Waals surface area contributed by atoms with Crippen LogP contribution in [0.1, 0.15) is 84.5 Å². The Morgan fingerprint density at radius 2 is 1.34 bits per heavy atom. The minimum absolute atomic E-state index is 0.203. The maximum absolute atomic E-state index is 12.1. The van der Waals surface area contributed by atoms with Crippen molar-refractivity contribution in [3.63, 3.8) is 0 Å². The normalized spacial score (nSPS) is 10.6. The van der Waals surface area contributed by atoms with Crippen molar-refractivity contribution < 1.29 is 14.3 Å². The molecule has 5 nitrogen and oxygen atoms in total. The fourth-order valence-corrected chi connectivity index (χ4v) is 4.72. The third-order valence-corrected chi connectivity index (χ3v) is 7.10. The highest BCUT2D eigenvalue weighted by atomic mass is 32.1. The average Bonchev–Trinajstić information content (AvgIpc) is 3.43. The SMILES string of the molecule is CCCCCC=C=CCC(=O)Oc1ccc(-c2nnc(-c3ccc(OCCCCCCCC)cc3)s2)cc1. The lowest BCUT2D eigenvalue weighted by atomic mass is 10.1. The molecule has 202 valence electrons. The number of unbranched alkanes of at least 4 members (excludes halogenated alkanes) is 8. The second kappa shape index (κ2) is 17.3. The van der Waals surface area contributed by atoms with Crippen LogP contribution < -0.4 is 9.47 Å². The molecule has 0 saturated heterocycles. The van der Waals surface area contributed by atoms with Crippen molar-refractivity contribution in [1.29, 1.82) is 0 Å². The van der Waals surface area contributed by atoms with Crippen molar-refractivity contribution in [3.8, 4) is 32.6 Å². The number of rotatable bonds is 17. The number of carbonyl (C=O) groups is 1. The monoisotopic (exact) mass is 532 g/mol. The lowest BCUT2D eigenvalue weighted by molar-refractivity contribution is -0.133. The van der Waals surface area contributed by atoms with E-state index in [1.807, 2.05) is 42.5 Å². The van der Waals surface area contributed by atoms with Gasteiger partial charge in [-0.25, -0.2) is 0 Å². The zero-order chi connectivity index (χ0) is 26.8. The van der Waals surface area contributed by atoms with Gasteiger partial charge in [-0.2, -0.15) is 0 Å². The largest absolute Gasteiger partial charge is 0.494 e. The molecule has 0 aliphatic carbocycles. The number of hydrogen-bond donors (Lipinski definition) is 0. The summed E-state index contributed by atoms with van der Waals surface area (Å²) < 4.78 is 11.3. The Hall–Kier alpha value is -3.21. The third kappa shape index (κ3) is 10.6. The Morgan fingerprint density at radius 1 is 0.763 bits per heavy atom. The van der Waals surface area contributed by atoms with Gasteiger partial charge in [-0.1, -0.05) is 70.1 Å². The maximum atomic E-state index is 12.1. The van der Waals surface area contributed by atoms with Gasteiger partial charge in [0, 0.05) is 11.1 Å². The summed E-state index contributed by atoms with van der Waals surface area (Å²) in [7, 11) is 0. The molecule has 0 aliphatic rings. The smallest absolute Gasteiger partial charge is 0.315 e. The summed E-state index contributed by atoms with van der Waals surface area (Å²) in [5.74, 6) is 1.10. The van der Waals surface area contributed by atoms with E-state index in [0.29, 0.717) is 5.75 Å². The van der Waals surface area contributed by atoms with Crippen molar-refractivity contribution in [2.24, 2.45) is 0 Å². The Labute approximate surface area is 231 Å². The van der Waals surface area contributed by atoms with Crippen LogP contribution in [0.15, 0.2) is 66.4 Å². The fourth-order valence-electron chi connectivity index (χ4n) is 3.87. The van der Waals surface area contributed by atoms with Crippen LogP contribution in [0.4, 0.5) is 0 Å². The van der Waals surface area contributed by atoms with E-state index in [1.54, 1.807) is 18.2 Å². The summed E-state index contributed by atoms with van der Waals surface area (Å²) in [6, 6.07) is 15.4. The molecule has 0 bridgehead atoms. The van der Waals surface area contributed by atoms with Gasteiger partial charge in [-0.15, -0.1) is 15.9 Å². The van der Waals surface area contributed by atoms with Crippen LogP contribution >= 0.6 is 11.3 Å². The molecule has 0 N–H and O–H groups in total. The number of aromatic nitrogens is 2. The van der Waals surface area contributed by atoms with Gasteiger partial charge in [0.25, 0.3) is 0 Å². The molecular weight excluding hydrogens is 492 g/mol. The molecule has 0 saturated carbocycles. The van der Waals surface area contributed by atoms with E-state index >= 15 is 0 Å². The van der Waals surface area contributed by atoms with Crippen LogP contribution in [-0.2, 0) is 4.79 Å². The van der Waals surface area contributed by atoms with Crippen molar-refractivity contribution in [2.75, 3.05) is 6.61 Å². The lowest BCUT2D eigenvalue weighted by Gasteiger charge is -2.06. The molecule has 1 heterocycles. The highest BCUT2D eigenvalue weighted by Crippen LogP contribution is 2.31. The predicted molar refractivity (Wildman–Crippen MR) is 157 cm³/mol. The molecule has 38 heavy (non-hydrogen) atoms. The standard InChI is InChI=1S/C32H40N2O3S/c1-3-5-7-9-11-12-14-16-30(35)37-29-23-19-27(20-24-29)32-34-33-31(38-32)26-17-21-28(22-18-26)36-25-15-13-10-8-6-4-2/h11,14,17-24H,3-10,13,15-16,25H2,1-2H3. The first-order chi connectivity index (χ1) is 18.7. The van der Waals surface area contributed by atoms with Gasteiger partial charge >= 0.3 is 5.97 Å². The zero-order valence-corrected chi connectivity index (χ0v) is 23.6. The van der Waals surface area contributed by atoms with E-state index in [9.17, 15) is 4.79 Å². The summed E-state index contributed by atoms with van der Waals surface area (Å²) >= 11 is 1.53. The first-order valence-corrected chi connectivity index (χ1v) is 14.8. The second-order valence-corrected chi connectivity index (χ2v) is 10.3. The summed E-state index contributed by atoms with van der Waals surface area (Å²) in [5, 5.41) is 10.4. The molecule has 0 radical (unpaired) electrons. The van der Waals surface area contributed by atoms with E-state index in [-0.39, 0.29) is 12.4 Å². The molecule has 0 unspecified atom stereocenters. The minimum Gasteiger partial charge on any atom is -0.494 e. The summed E-state index contributed by atoms with van der Waals surface area (Å²) in [6.07, 6.45) is 16.0. The predicted octanol–water partition coefficient (Wildman–Crippen LogP) is 9.20. The lowest BCUT2D eigenvalue weighted by Crippen LogP contribution is -2.05. The highest BCUT2D eigenvalue weighted by Gasteiger charge is 2.10. The van der Waals surface area contributed by atoms with Crippen LogP contribution in [0.3, 0.4) is 0 Å².